The van der Waals surface area contributed by atoms with Crippen molar-refractivity contribution in [2.45, 2.75) is 32.0 Å². The summed E-state index contributed by atoms with van der Waals surface area (Å²) >= 11 is 0. The number of amides is 1. The molecule has 3 aromatic carbocycles. The minimum absolute atomic E-state index is 0.0398. The largest absolute Gasteiger partial charge is 0.495 e. The highest BCUT2D eigenvalue weighted by Gasteiger charge is 2.30. The van der Waals surface area contributed by atoms with Crippen molar-refractivity contribution in [1.29, 1.82) is 0 Å². The molecule has 9 nitrogen and oxygen atoms in total. The van der Waals surface area contributed by atoms with Gasteiger partial charge in [-0.2, -0.15) is 18.3 Å². The number of benzene rings is 3. The van der Waals surface area contributed by atoms with Gasteiger partial charge in [0.15, 0.2) is 0 Å². The van der Waals surface area contributed by atoms with Gasteiger partial charge in [0, 0.05) is 40.2 Å². The molecule has 1 saturated heterocycles. The number of nitrogens with two attached hydrogens (primary N) is 1. The van der Waals surface area contributed by atoms with Crippen LogP contribution in [0.25, 0.3) is 33.2 Å². The highest BCUT2D eigenvalue weighted by Crippen LogP contribution is 2.45. The van der Waals surface area contributed by atoms with Crippen LogP contribution >= 0.6 is 0 Å². The number of methoxy groups -OCH3 is 1. The fourth-order valence-corrected chi connectivity index (χ4v) is 5.62. The molecule has 0 unspecified atom stereocenters. The SMILES string of the molecule is COc1c(-c2cc(C(=O)Nc3cccc(C(F)(F)F)c3)ccc2C)cc2cnc(N)nc2c1-c1cnn(C2CCNCC2)c1. The molecule has 4 N–H and O–H groups in total. The van der Waals surface area contributed by atoms with Crippen LogP contribution < -0.4 is 21.1 Å². The van der Waals surface area contributed by atoms with Crippen LogP contribution in [0.2, 0.25) is 0 Å². The average Bonchev–Trinajstić information content (AvgIpc) is 3.50. The molecule has 0 spiro atoms. The van der Waals surface area contributed by atoms with Crippen molar-refractivity contribution in [2.75, 3.05) is 31.2 Å². The van der Waals surface area contributed by atoms with E-state index < -0.39 is 17.6 Å². The predicted molar refractivity (Wildman–Crippen MR) is 162 cm³/mol. The Morgan fingerprint density at radius 3 is 2.64 bits per heavy atom. The van der Waals surface area contributed by atoms with Crippen LogP contribution in [-0.4, -0.2) is 45.9 Å². The zero-order chi connectivity index (χ0) is 31.0. The number of hydrogen-bond donors (Lipinski definition) is 3. The Balaban J connectivity index is 1.44. The van der Waals surface area contributed by atoms with E-state index in [2.05, 4.69) is 25.7 Å². The fourth-order valence-electron chi connectivity index (χ4n) is 5.62. The number of nitrogen functional groups attached to an aromatic ring is 1. The number of anilines is 2. The molecule has 1 aliphatic rings. The molecule has 0 aliphatic carbocycles. The van der Waals surface area contributed by atoms with Gasteiger partial charge in [-0.1, -0.05) is 12.1 Å². The number of fused-ring (bicyclic) bond motifs is 1. The smallest absolute Gasteiger partial charge is 0.416 e. The minimum atomic E-state index is -4.53. The summed E-state index contributed by atoms with van der Waals surface area (Å²) in [5.41, 5.74) is 9.78. The Morgan fingerprint density at radius 1 is 1.09 bits per heavy atom. The summed E-state index contributed by atoms with van der Waals surface area (Å²) in [4.78, 5) is 22.0. The molecule has 12 heteroatoms. The number of hydrogen-bond acceptors (Lipinski definition) is 7. The van der Waals surface area contributed by atoms with E-state index in [1.54, 1.807) is 37.7 Å². The molecule has 226 valence electrons. The molecule has 0 radical (unpaired) electrons. The number of carbonyl (C=O) groups is 1. The van der Waals surface area contributed by atoms with Crippen molar-refractivity contribution in [2.24, 2.45) is 0 Å². The summed E-state index contributed by atoms with van der Waals surface area (Å²) in [7, 11) is 1.56. The van der Waals surface area contributed by atoms with E-state index in [0.29, 0.717) is 33.3 Å². The standard InChI is InChI=1S/C32H30F3N7O2/c1-18-6-7-19(30(43)40-23-5-3-4-22(14-23)32(33,34)35)12-25(18)26-13-20-15-38-31(36)41-28(20)27(29(26)44-2)21-16-39-42(17-21)24-8-10-37-11-9-24/h3-7,12-17,24,37H,8-11H2,1-2H3,(H,40,43)(H2,36,38,41). The fraction of sp³-hybridized carbons (Fsp3) is 0.250. The highest BCUT2D eigenvalue weighted by atomic mass is 19.4. The van der Waals surface area contributed by atoms with Gasteiger partial charge in [-0.15, -0.1) is 0 Å². The molecule has 1 fully saturated rings. The summed E-state index contributed by atoms with van der Waals surface area (Å²) in [6.45, 7) is 3.74. The number of nitrogens with one attached hydrogen (secondary N) is 2. The van der Waals surface area contributed by atoms with Gasteiger partial charge < -0.3 is 21.1 Å². The van der Waals surface area contributed by atoms with Crippen molar-refractivity contribution >= 4 is 28.4 Å². The average molecular weight is 602 g/mol. The lowest BCUT2D eigenvalue weighted by atomic mass is 9.92. The second-order valence-corrected chi connectivity index (χ2v) is 10.8. The maximum Gasteiger partial charge on any atom is 0.416 e. The van der Waals surface area contributed by atoms with Gasteiger partial charge in [0.05, 0.1) is 36.0 Å². The molecular weight excluding hydrogens is 571 g/mol. The first-order valence-electron chi connectivity index (χ1n) is 14.1. The summed E-state index contributed by atoms with van der Waals surface area (Å²) in [5.74, 6) is 0.0765. The Bertz CT molecular complexity index is 1860. The highest BCUT2D eigenvalue weighted by molar-refractivity contribution is 6.06. The van der Waals surface area contributed by atoms with Gasteiger partial charge in [-0.25, -0.2) is 9.97 Å². The normalized spacial score (nSPS) is 14.1. The van der Waals surface area contributed by atoms with Gasteiger partial charge >= 0.3 is 6.18 Å². The number of aromatic nitrogens is 4. The molecular formula is C32H30F3N7O2. The molecule has 0 atom stereocenters. The van der Waals surface area contributed by atoms with Crippen LogP contribution in [-0.2, 0) is 6.18 Å². The van der Waals surface area contributed by atoms with Crippen molar-refractivity contribution in [3.63, 3.8) is 0 Å². The lowest BCUT2D eigenvalue weighted by Gasteiger charge is -2.22. The van der Waals surface area contributed by atoms with E-state index in [0.717, 1.165) is 49.2 Å². The first-order chi connectivity index (χ1) is 21.1. The van der Waals surface area contributed by atoms with Crippen LogP contribution in [0.1, 0.15) is 40.4 Å². The minimum Gasteiger partial charge on any atom is -0.495 e. The Labute approximate surface area is 251 Å². The van der Waals surface area contributed by atoms with E-state index in [1.165, 1.54) is 12.1 Å². The lowest BCUT2D eigenvalue weighted by molar-refractivity contribution is -0.137. The third-order valence-corrected chi connectivity index (χ3v) is 7.86. The van der Waals surface area contributed by atoms with E-state index in [9.17, 15) is 18.0 Å². The molecule has 1 amide bonds. The summed E-state index contributed by atoms with van der Waals surface area (Å²) < 4.78 is 47.7. The number of alkyl halides is 3. The van der Waals surface area contributed by atoms with Gasteiger partial charge in [0.1, 0.15) is 5.75 Å². The summed E-state index contributed by atoms with van der Waals surface area (Å²) in [6.07, 6.45) is 2.81. The zero-order valence-corrected chi connectivity index (χ0v) is 24.1. The zero-order valence-electron chi connectivity index (χ0n) is 24.1. The van der Waals surface area contributed by atoms with Crippen LogP contribution in [0.3, 0.4) is 0 Å². The topological polar surface area (TPSA) is 120 Å². The van der Waals surface area contributed by atoms with E-state index in [-0.39, 0.29) is 23.2 Å². The van der Waals surface area contributed by atoms with Gasteiger partial charge in [0.2, 0.25) is 5.95 Å². The Kier molecular flexibility index (Phi) is 7.68. The van der Waals surface area contributed by atoms with Crippen molar-refractivity contribution in [3.05, 3.63) is 83.8 Å². The van der Waals surface area contributed by atoms with Gasteiger partial charge in [0.25, 0.3) is 5.91 Å². The first kappa shape index (κ1) is 29.1. The van der Waals surface area contributed by atoms with Crippen molar-refractivity contribution in [3.8, 4) is 28.0 Å². The Morgan fingerprint density at radius 2 is 1.89 bits per heavy atom. The predicted octanol–water partition coefficient (Wildman–Crippen LogP) is 6.26. The molecule has 0 saturated carbocycles. The summed E-state index contributed by atoms with van der Waals surface area (Å²) in [5, 5.41) is 11.3. The van der Waals surface area contributed by atoms with Crippen LogP contribution in [0, 0.1) is 6.92 Å². The maximum atomic E-state index is 13.2. The van der Waals surface area contributed by atoms with Crippen LogP contribution in [0.15, 0.2) is 67.1 Å². The number of nitrogens with zero attached hydrogens (tertiary/aromatic N) is 4. The van der Waals surface area contributed by atoms with Gasteiger partial charge in [-0.3, -0.25) is 9.48 Å². The van der Waals surface area contributed by atoms with Crippen LogP contribution in [0.5, 0.6) is 5.75 Å². The number of aryl methyl sites for hydroxylation is 1. The second kappa shape index (κ2) is 11.6. The van der Waals surface area contributed by atoms with Gasteiger partial charge in [-0.05, 0) is 80.4 Å². The van der Waals surface area contributed by atoms with E-state index in [1.807, 2.05) is 23.9 Å². The number of ether oxygens (including phenoxy) is 1. The molecule has 5 aromatic rings. The third kappa shape index (κ3) is 5.68. The van der Waals surface area contributed by atoms with E-state index in [4.69, 9.17) is 10.5 Å². The van der Waals surface area contributed by atoms with Crippen molar-refractivity contribution < 1.29 is 22.7 Å². The molecule has 44 heavy (non-hydrogen) atoms. The molecule has 2 aromatic heterocycles. The molecule has 1 aliphatic heterocycles. The summed E-state index contributed by atoms with van der Waals surface area (Å²) in [6, 6.07) is 11.8. The quantitative estimate of drug-likeness (QED) is 0.210. The first-order valence-corrected chi connectivity index (χ1v) is 14.1. The Hall–Kier alpha value is -4.97. The number of carbonyl (C=O) groups excluding carboxylic acids is 1. The monoisotopic (exact) mass is 601 g/mol. The number of rotatable bonds is 6. The molecule has 0 bridgehead atoms. The number of piperidine rings is 1. The molecule has 3 heterocycles. The van der Waals surface area contributed by atoms with E-state index >= 15 is 0 Å². The third-order valence-electron chi connectivity index (χ3n) is 7.86. The molecule has 6 rings (SSSR count). The maximum absolute atomic E-state index is 13.2. The number of halogens is 3. The lowest BCUT2D eigenvalue weighted by Crippen LogP contribution is -2.29. The van der Waals surface area contributed by atoms with Crippen molar-refractivity contribution in [1.82, 2.24) is 25.1 Å². The second-order valence-electron chi connectivity index (χ2n) is 10.8. The van der Waals surface area contributed by atoms with Crippen LogP contribution in [0.4, 0.5) is 24.8 Å².